The van der Waals surface area contributed by atoms with Gasteiger partial charge in [-0.25, -0.2) is 4.98 Å². The van der Waals surface area contributed by atoms with Crippen LogP contribution >= 0.6 is 11.3 Å². The number of nitro groups is 1. The van der Waals surface area contributed by atoms with E-state index in [0.717, 1.165) is 42.3 Å². The highest BCUT2D eigenvalue weighted by atomic mass is 32.1. The Morgan fingerprint density at radius 3 is 2.50 bits per heavy atom. The summed E-state index contributed by atoms with van der Waals surface area (Å²) in [5.41, 5.74) is 1.96. The van der Waals surface area contributed by atoms with Crippen molar-refractivity contribution in [3.8, 4) is 0 Å². The van der Waals surface area contributed by atoms with E-state index in [1.807, 2.05) is 4.90 Å². The molecule has 1 saturated heterocycles. The predicted molar refractivity (Wildman–Crippen MR) is 100 cm³/mol. The monoisotopic (exact) mass is 374 g/mol. The Kier molecular flexibility index (Phi) is 5.95. The zero-order chi connectivity index (χ0) is 18.5. The molecular weight excluding hydrogens is 352 g/mol. The molecule has 0 unspecified atom stereocenters. The van der Waals surface area contributed by atoms with Gasteiger partial charge in [-0.1, -0.05) is 19.1 Å². The van der Waals surface area contributed by atoms with E-state index < -0.39 is 4.92 Å². The van der Waals surface area contributed by atoms with Crippen molar-refractivity contribution in [3.05, 3.63) is 56.0 Å². The molecule has 1 amide bonds. The first kappa shape index (κ1) is 18.5. The molecule has 1 fully saturated rings. The third kappa shape index (κ3) is 4.64. The first-order valence-electron chi connectivity index (χ1n) is 8.72. The maximum Gasteiger partial charge on any atom is 0.269 e. The van der Waals surface area contributed by atoms with Crippen molar-refractivity contribution < 1.29 is 9.72 Å². The molecule has 2 heterocycles. The van der Waals surface area contributed by atoms with E-state index in [1.54, 1.807) is 23.5 Å². The number of aromatic nitrogens is 1. The van der Waals surface area contributed by atoms with Gasteiger partial charge in [0.15, 0.2) is 0 Å². The number of aryl methyl sites for hydroxylation is 1. The van der Waals surface area contributed by atoms with E-state index in [1.165, 1.54) is 12.1 Å². The summed E-state index contributed by atoms with van der Waals surface area (Å²) >= 11 is 1.70. The van der Waals surface area contributed by atoms with Crippen molar-refractivity contribution >= 4 is 22.9 Å². The zero-order valence-corrected chi connectivity index (χ0v) is 15.6. The van der Waals surface area contributed by atoms with E-state index >= 15 is 0 Å². The molecule has 0 saturated carbocycles. The number of benzene rings is 1. The Morgan fingerprint density at radius 1 is 1.23 bits per heavy atom. The molecule has 0 N–H and O–H groups in total. The second-order valence-corrected chi connectivity index (χ2v) is 7.29. The molecule has 8 heteroatoms. The van der Waals surface area contributed by atoms with Gasteiger partial charge in [-0.15, -0.1) is 11.3 Å². The van der Waals surface area contributed by atoms with Gasteiger partial charge < -0.3 is 4.90 Å². The van der Waals surface area contributed by atoms with Gasteiger partial charge in [0, 0.05) is 50.2 Å². The molecule has 1 aromatic heterocycles. The number of piperazine rings is 1. The van der Waals surface area contributed by atoms with Gasteiger partial charge in [0.05, 0.1) is 22.0 Å². The van der Waals surface area contributed by atoms with E-state index in [0.29, 0.717) is 13.1 Å². The molecule has 2 aromatic rings. The highest BCUT2D eigenvalue weighted by molar-refractivity contribution is 7.09. The molecule has 138 valence electrons. The van der Waals surface area contributed by atoms with Crippen LogP contribution in [-0.2, 0) is 24.2 Å². The van der Waals surface area contributed by atoms with Gasteiger partial charge in [-0.05, 0) is 12.0 Å². The van der Waals surface area contributed by atoms with Crippen LogP contribution in [0.4, 0.5) is 5.69 Å². The lowest BCUT2D eigenvalue weighted by atomic mass is 10.1. The fourth-order valence-corrected chi connectivity index (χ4v) is 3.73. The largest absolute Gasteiger partial charge is 0.340 e. The van der Waals surface area contributed by atoms with Crippen molar-refractivity contribution in [2.45, 2.75) is 26.3 Å². The number of hydrogen-bond acceptors (Lipinski definition) is 6. The lowest BCUT2D eigenvalue weighted by molar-refractivity contribution is -0.384. The Bertz CT molecular complexity index is 767. The lowest BCUT2D eigenvalue weighted by Gasteiger charge is -2.34. The molecule has 0 bridgehead atoms. The summed E-state index contributed by atoms with van der Waals surface area (Å²) < 4.78 is 0. The topological polar surface area (TPSA) is 79.6 Å². The summed E-state index contributed by atoms with van der Waals surface area (Å²) in [5, 5.41) is 14.0. The fourth-order valence-electron chi connectivity index (χ4n) is 2.99. The average Bonchev–Trinajstić information content (AvgIpc) is 3.10. The van der Waals surface area contributed by atoms with Crippen LogP contribution in [0.25, 0.3) is 0 Å². The van der Waals surface area contributed by atoms with Gasteiger partial charge in [0.25, 0.3) is 5.69 Å². The quantitative estimate of drug-likeness (QED) is 0.573. The standard InChI is InChI=1S/C18H22N4O3S/c1-2-17-19-15(13-26-17)12-20-7-9-21(10-8-20)18(23)11-14-3-5-16(6-4-14)22(24)25/h3-6,13H,2,7-12H2,1H3. The van der Waals surface area contributed by atoms with Crippen LogP contribution in [0, 0.1) is 10.1 Å². The SMILES string of the molecule is CCc1nc(CN2CCN(C(=O)Cc3ccc([N+](=O)[O-])cc3)CC2)cs1. The van der Waals surface area contributed by atoms with Crippen molar-refractivity contribution in [1.82, 2.24) is 14.8 Å². The third-order valence-corrected chi connectivity index (χ3v) is 5.56. The van der Waals surface area contributed by atoms with Gasteiger partial charge in [0.2, 0.25) is 5.91 Å². The van der Waals surface area contributed by atoms with Crippen LogP contribution in [0.3, 0.4) is 0 Å². The third-order valence-electron chi connectivity index (χ3n) is 4.51. The normalized spacial score (nSPS) is 15.2. The first-order chi connectivity index (χ1) is 12.5. The molecule has 3 rings (SSSR count). The summed E-state index contributed by atoms with van der Waals surface area (Å²) in [6, 6.07) is 6.19. The molecule has 1 aromatic carbocycles. The van der Waals surface area contributed by atoms with Crippen LogP contribution in [0.5, 0.6) is 0 Å². The summed E-state index contributed by atoms with van der Waals surface area (Å²) in [7, 11) is 0. The average molecular weight is 374 g/mol. The molecule has 26 heavy (non-hydrogen) atoms. The number of nitro benzene ring substituents is 1. The molecule has 0 spiro atoms. The van der Waals surface area contributed by atoms with Crippen LogP contribution in [0.1, 0.15) is 23.2 Å². The number of carbonyl (C=O) groups is 1. The van der Waals surface area contributed by atoms with Crippen molar-refractivity contribution in [2.75, 3.05) is 26.2 Å². The molecule has 0 radical (unpaired) electrons. The minimum Gasteiger partial charge on any atom is -0.340 e. The minimum absolute atomic E-state index is 0.0445. The van der Waals surface area contributed by atoms with Gasteiger partial charge >= 0.3 is 0 Å². The summed E-state index contributed by atoms with van der Waals surface area (Å²) in [6.45, 7) is 6.03. The first-order valence-corrected chi connectivity index (χ1v) is 9.60. The Balaban J connectivity index is 1.47. The summed E-state index contributed by atoms with van der Waals surface area (Å²) in [5.74, 6) is 0.0698. The highest BCUT2D eigenvalue weighted by Crippen LogP contribution is 2.15. The van der Waals surface area contributed by atoms with Crippen LogP contribution in [0.2, 0.25) is 0 Å². The smallest absolute Gasteiger partial charge is 0.269 e. The van der Waals surface area contributed by atoms with E-state index in [9.17, 15) is 14.9 Å². The summed E-state index contributed by atoms with van der Waals surface area (Å²) in [6.07, 6.45) is 1.25. The molecule has 0 aliphatic carbocycles. The highest BCUT2D eigenvalue weighted by Gasteiger charge is 2.22. The van der Waals surface area contributed by atoms with Gasteiger partial charge in [-0.2, -0.15) is 0 Å². The zero-order valence-electron chi connectivity index (χ0n) is 14.8. The molecular formula is C18H22N4O3S. The van der Waals surface area contributed by atoms with E-state index in [2.05, 4.69) is 22.2 Å². The van der Waals surface area contributed by atoms with Gasteiger partial charge in [0.1, 0.15) is 0 Å². The van der Waals surface area contributed by atoms with Crippen LogP contribution in [0.15, 0.2) is 29.6 Å². The second kappa shape index (κ2) is 8.37. The van der Waals surface area contributed by atoms with Gasteiger partial charge in [-0.3, -0.25) is 19.8 Å². The number of nitrogens with zero attached hydrogens (tertiary/aromatic N) is 4. The minimum atomic E-state index is -0.434. The Hall–Kier alpha value is -2.32. The number of hydrogen-bond donors (Lipinski definition) is 0. The predicted octanol–water partition coefficient (Wildman–Crippen LogP) is 2.50. The Labute approximate surface area is 156 Å². The summed E-state index contributed by atoms with van der Waals surface area (Å²) in [4.78, 5) is 31.5. The van der Waals surface area contributed by atoms with Crippen LogP contribution < -0.4 is 0 Å². The van der Waals surface area contributed by atoms with Crippen molar-refractivity contribution in [2.24, 2.45) is 0 Å². The number of thiazole rings is 1. The maximum atomic E-state index is 12.5. The van der Waals surface area contributed by atoms with Crippen LogP contribution in [-0.4, -0.2) is 51.8 Å². The number of non-ortho nitro benzene ring substituents is 1. The van der Waals surface area contributed by atoms with E-state index in [4.69, 9.17) is 0 Å². The molecule has 0 atom stereocenters. The van der Waals surface area contributed by atoms with Crippen molar-refractivity contribution in [1.29, 1.82) is 0 Å². The van der Waals surface area contributed by atoms with Crippen molar-refractivity contribution in [3.63, 3.8) is 0 Å². The fraction of sp³-hybridized carbons (Fsp3) is 0.444. The lowest BCUT2D eigenvalue weighted by Crippen LogP contribution is -2.48. The Morgan fingerprint density at radius 2 is 1.92 bits per heavy atom. The number of carbonyl (C=O) groups excluding carboxylic acids is 1. The number of rotatable bonds is 6. The number of amides is 1. The second-order valence-electron chi connectivity index (χ2n) is 6.34. The maximum absolute atomic E-state index is 12.5. The molecule has 1 aliphatic heterocycles. The molecule has 1 aliphatic rings. The molecule has 7 nitrogen and oxygen atoms in total. The van der Waals surface area contributed by atoms with E-state index in [-0.39, 0.29) is 18.0 Å².